The molecule has 0 heterocycles. The Morgan fingerprint density at radius 3 is 2.43 bits per heavy atom. The van der Waals surface area contributed by atoms with Crippen LogP contribution in [0.5, 0.6) is 5.75 Å². The van der Waals surface area contributed by atoms with E-state index in [0.29, 0.717) is 5.39 Å². The highest BCUT2D eigenvalue weighted by Crippen LogP contribution is 2.35. The summed E-state index contributed by atoms with van der Waals surface area (Å²) >= 11 is 0. The number of rotatable bonds is 3. The molecular formula is C16H12N2O4S. The molecular weight excluding hydrogens is 316 g/mol. The van der Waals surface area contributed by atoms with E-state index in [0.717, 1.165) is 5.39 Å². The lowest BCUT2D eigenvalue weighted by Gasteiger charge is -2.03. The summed E-state index contributed by atoms with van der Waals surface area (Å²) in [5.74, 6) is -0.00205. The molecule has 7 heteroatoms. The van der Waals surface area contributed by atoms with Gasteiger partial charge in [0.2, 0.25) is 0 Å². The molecule has 0 unspecified atom stereocenters. The van der Waals surface area contributed by atoms with Crippen LogP contribution in [0.4, 0.5) is 11.4 Å². The SMILES string of the molecule is O=S(=O)(O)c1cccc(N=Nc2ccc3ccccc3c2O)c1. The molecule has 0 fully saturated rings. The summed E-state index contributed by atoms with van der Waals surface area (Å²) in [5, 5.41) is 19.6. The second-order valence-corrected chi connectivity index (χ2v) is 6.25. The van der Waals surface area contributed by atoms with E-state index in [9.17, 15) is 13.5 Å². The van der Waals surface area contributed by atoms with Crippen LogP contribution in [0, 0.1) is 0 Å². The van der Waals surface area contributed by atoms with Crippen molar-refractivity contribution in [2.24, 2.45) is 10.2 Å². The number of phenolic OH excluding ortho intramolecular Hbond substituents is 1. The number of hydrogen-bond acceptors (Lipinski definition) is 5. The molecule has 23 heavy (non-hydrogen) atoms. The third kappa shape index (κ3) is 3.20. The molecule has 0 aliphatic heterocycles. The highest BCUT2D eigenvalue weighted by Gasteiger charge is 2.09. The number of fused-ring (bicyclic) bond motifs is 1. The van der Waals surface area contributed by atoms with Crippen LogP contribution in [-0.4, -0.2) is 18.1 Å². The van der Waals surface area contributed by atoms with Gasteiger partial charge in [0.1, 0.15) is 5.69 Å². The number of hydrogen-bond donors (Lipinski definition) is 2. The topological polar surface area (TPSA) is 99.3 Å². The first-order valence-electron chi connectivity index (χ1n) is 6.65. The predicted octanol–water partition coefficient (Wildman–Crippen LogP) is 4.21. The van der Waals surface area contributed by atoms with Gasteiger partial charge in [-0.25, -0.2) is 0 Å². The summed E-state index contributed by atoms with van der Waals surface area (Å²) in [6, 6.07) is 16.1. The average molecular weight is 328 g/mol. The van der Waals surface area contributed by atoms with Gasteiger partial charge in [0.05, 0.1) is 10.6 Å². The van der Waals surface area contributed by atoms with Crippen LogP contribution < -0.4 is 0 Å². The normalized spacial score (nSPS) is 12.0. The zero-order valence-electron chi connectivity index (χ0n) is 11.8. The molecule has 0 saturated carbocycles. The summed E-state index contributed by atoms with van der Waals surface area (Å²) in [4.78, 5) is -0.267. The van der Waals surface area contributed by atoms with Crippen molar-refractivity contribution in [2.75, 3.05) is 0 Å². The third-order valence-electron chi connectivity index (χ3n) is 3.27. The minimum absolute atomic E-state index is 0.00205. The molecule has 0 aliphatic carbocycles. The van der Waals surface area contributed by atoms with Crippen LogP contribution in [0.1, 0.15) is 0 Å². The molecule has 3 rings (SSSR count). The Hall–Kier alpha value is -2.77. The van der Waals surface area contributed by atoms with Crippen molar-refractivity contribution in [3.05, 3.63) is 60.7 Å². The Balaban J connectivity index is 1.99. The van der Waals surface area contributed by atoms with Crippen molar-refractivity contribution in [2.45, 2.75) is 4.90 Å². The van der Waals surface area contributed by atoms with E-state index >= 15 is 0 Å². The van der Waals surface area contributed by atoms with Gasteiger partial charge in [-0.2, -0.15) is 13.5 Å². The van der Waals surface area contributed by atoms with Gasteiger partial charge in [0, 0.05) is 5.39 Å². The van der Waals surface area contributed by atoms with Crippen molar-refractivity contribution in [1.29, 1.82) is 0 Å². The number of nitrogens with zero attached hydrogens (tertiary/aromatic N) is 2. The zero-order valence-corrected chi connectivity index (χ0v) is 12.6. The zero-order chi connectivity index (χ0) is 16.4. The van der Waals surface area contributed by atoms with E-state index in [-0.39, 0.29) is 22.0 Å². The van der Waals surface area contributed by atoms with Crippen molar-refractivity contribution in [1.82, 2.24) is 0 Å². The first-order chi connectivity index (χ1) is 10.9. The van der Waals surface area contributed by atoms with Gasteiger partial charge in [-0.15, -0.1) is 5.11 Å². The van der Waals surface area contributed by atoms with Gasteiger partial charge in [0.25, 0.3) is 10.1 Å². The first kappa shape index (κ1) is 15.1. The van der Waals surface area contributed by atoms with E-state index in [1.807, 2.05) is 12.1 Å². The summed E-state index contributed by atoms with van der Waals surface area (Å²) in [7, 11) is -4.30. The fraction of sp³-hybridized carbons (Fsp3) is 0. The maximum atomic E-state index is 11.1. The maximum Gasteiger partial charge on any atom is 0.294 e. The quantitative estimate of drug-likeness (QED) is 0.555. The standard InChI is InChI=1S/C16H12N2O4S/c19-16-14-7-2-1-4-11(14)8-9-15(16)18-17-12-5-3-6-13(10-12)23(20,21)22/h1-10,19H,(H,20,21,22). The van der Waals surface area contributed by atoms with Gasteiger partial charge in [-0.05, 0) is 29.7 Å². The molecule has 0 aliphatic rings. The minimum atomic E-state index is -4.30. The van der Waals surface area contributed by atoms with E-state index in [2.05, 4.69) is 10.2 Å². The molecule has 0 amide bonds. The molecule has 0 spiro atoms. The van der Waals surface area contributed by atoms with Crippen LogP contribution in [-0.2, 0) is 10.1 Å². The lowest BCUT2D eigenvalue weighted by atomic mass is 10.1. The van der Waals surface area contributed by atoms with Gasteiger partial charge in [-0.1, -0.05) is 36.4 Å². The highest BCUT2D eigenvalue weighted by atomic mass is 32.2. The van der Waals surface area contributed by atoms with E-state index < -0.39 is 10.1 Å². The Bertz CT molecular complexity index is 1010. The van der Waals surface area contributed by atoms with E-state index in [4.69, 9.17) is 4.55 Å². The fourth-order valence-corrected chi connectivity index (χ4v) is 2.66. The molecule has 0 atom stereocenters. The summed E-state index contributed by atoms with van der Waals surface area (Å²) < 4.78 is 31.2. The summed E-state index contributed by atoms with van der Waals surface area (Å²) in [6.45, 7) is 0. The molecule has 3 aromatic carbocycles. The summed E-state index contributed by atoms with van der Waals surface area (Å²) in [6.07, 6.45) is 0. The van der Waals surface area contributed by atoms with Crippen LogP contribution >= 0.6 is 0 Å². The Kier molecular flexibility index (Phi) is 3.81. The van der Waals surface area contributed by atoms with Crippen molar-refractivity contribution in [3.8, 4) is 5.75 Å². The molecule has 0 saturated heterocycles. The molecule has 116 valence electrons. The Morgan fingerprint density at radius 2 is 1.65 bits per heavy atom. The molecule has 0 aromatic heterocycles. The van der Waals surface area contributed by atoms with Gasteiger partial charge < -0.3 is 5.11 Å². The van der Waals surface area contributed by atoms with Crippen LogP contribution in [0.25, 0.3) is 10.8 Å². The lowest BCUT2D eigenvalue weighted by Crippen LogP contribution is -1.96. The number of aromatic hydroxyl groups is 1. The molecule has 6 nitrogen and oxygen atoms in total. The van der Waals surface area contributed by atoms with Gasteiger partial charge in [0.15, 0.2) is 5.75 Å². The van der Waals surface area contributed by atoms with Gasteiger partial charge >= 0.3 is 0 Å². The fourth-order valence-electron chi connectivity index (χ4n) is 2.14. The first-order valence-corrected chi connectivity index (χ1v) is 8.09. The molecule has 0 radical (unpaired) electrons. The average Bonchev–Trinajstić information content (AvgIpc) is 2.54. The number of benzene rings is 3. The lowest BCUT2D eigenvalue weighted by molar-refractivity contribution is 0.481. The van der Waals surface area contributed by atoms with Gasteiger partial charge in [-0.3, -0.25) is 4.55 Å². The Morgan fingerprint density at radius 1 is 0.870 bits per heavy atom. The smallest absolute Gasteiger partial charge is 0.294 e. The third-order valence-corrected chi connectivity index (χ3v) is 4.12. The monoisotopic (exact) mass is 328 g/mol. The second kappa shape index (κ2) is 5.79. The van der Waals surface area contributed by atoms with Crippen molar-refractivity contribution in [3.63, 3.8) is 0 Å². The number of azo groups is 1. The maximum absolute atomic E-state index is 11.1. The largest absolute Gasteiger partial charge is 0.505 e. The van der Waals surface area contributed by atoms with E-state index in [1.165, 1.54) is 24.3 Å². The van der Waals surface area contributed by atoms with Crippen LogP contribution in [0.3, 0.4) is 0 Å². The highest BCUT2D eigenvalue weighted by molar-refractivity contribution is 7.85. The minimum Gasteiger partial charge on any atom is -0.505 e. The van der Waals surface area contributed by atoms with Crippen LogP contribution in [0.2, 0.25) is 0 Å². The molecule has 0 bridgehead atoms. The van der Waals surface area contributed by atoms with Crippen LogP contribution in [0.15, 0.2) is 75.8 Å². The molecule has 2 N–H and O–H groups in total. The molecule has 3 aromatic rings. The van der Waals surface area contributed by atoms with Crippen molar-refractivity contribution >= 4 is 32.3 Å². The summed E-state index contributed by atoms with van der Waals surface area (Å²) in [5.41, 5.74) is 0.508. The number of phenols is 1. The second-order valence-electron chi connectivity index (χ2n) is 4.83. The predicted molar refractivity (Wildman–Crippen MR) is 86.0 cm³/mol. The van der Waals surface area contributed by atoms with E-state index in [1.54, 1.807) is 24.3 Å². The Labute approximate surface area is 132 Å². The van der Waals surface area contributed by atoms with Crippen molar-refractivity contribution < 1.29 is 18.1 Å².